The zero-order valence-corrected chi connectivity index (χ0v) is 13.3. The number of aromatic nitrogens is 2. The lowest BCUT2D eigenvalue weighted by molar-refractivity contribution is -0.129. The summed E-state index contributed by atoms with van der Waals surface area (Å²) in [7, 11) is 0. The number of β-amino-alcohol motifs (C(OH)–C–C–N with tert-alkyl or cyclic N) is 1. The Bertz CT molecular complexity index is 479. The van der Waals surface area contributed by atoms with Gasteiger partial charge in [0.05, 0.1) is 6.10 Å². The Morgan fingerprint density at radius 1 is 1.36 bits per heavy atom. The number of hydrogen-bond donors (Lipinski definition) is 2. The number of nitrogens with one attached hydrogen (secondary N) is 1. The average Bonchev–Trinajstić information content (AvgIpc) is 2.68. The van der Waals surface area contributed by atoms with Crippen molar-refractivity contribution >= 4 is 11.9 Å². The van der Waals surface area contributed by atoms with Gasteiger partial charge in [0.1, 0.15) is 0 Å². The Labute approximate surface area is 131 Å². The first kappa shape index (κ1) is 16.6. The molecule has 1 atom stereocenters. The number of hydrogen-bond acceptors (Lipinski definition) is 6. The lowest BCUT2D eigenvalue weighted by Gasteiger charge is -2.20. The summed E-state index contributed by atoms with van der Waals surface area (Å²) >= 11 is 0. The molecule has 1 amide bonds. The molecule has 1 aliphatic heterocycles. The van der Waals surface area contributed by atoms with Crippen molar-refractivity contribution in [2.75, 3.05) is 38.0 Å². The van der Waals surface area contributed by atoms with Crippen LogP contribution in [-0.4, -0.2) is 69.6 Å². The SMILES string of the molecule is CCCNc1ncc(CN2CCN(C(C)=O)C[C@H](O)C2)cn1. The highest BCUT2D eigenvalue weighted by Crippen LogP contribution is 2.09. The normalized spacial score (nSPS) is 19.8. The molecule has 122 valence electrons. The molecule has 0 saturated carbocycles. The van der Waals surface area contributed by atoms with E-state index in [2.05, 4.69) is 27.1 Å². The fraction of sp³-hybridized carbons (Fsp3) is 0.667. The number of aliphatic hydroxyl groups is 1. The molecule has 0 unspecified atom stereocenters. The van der Waals surface area contributed by atoms with Crippen LogP contribution < -0.4 is 5.32 Å². The predicted octanol–water partition coefficient (Wildman–Crippen LogP) is 0.323. The van der Waals surface area contributed by atoms with Crippen LogP contribution in [0.15, 0.2) is 12.4 Å². The van der Waals surface area contributed by atoms with Gasteiger partial charge in [-0.3, -0.25) is 9.69 Å². The first-order valence-electron chi connectivity index (χ1n) is 7.79. The van der Waals surface area contributed by atoms with Crippen molar-refractivity contribution in [3.63, 3.8) is 0 Å². The summed E-state index contributed by atoms with van der Waals surface area (Å²) < 4.78 is 0. The molecule has 0 aromatic carbocycles. The fourth-order valence-corrected chi connectivity index (χ4v) is 2.51. The first-order chi connectivity index (χ1) is 10.6. The molecular weight excluding hydrogens is 282 g/mol. The monoisotopic (exact) mass is 307 g/mol. The van der Waals surface area contributed by atoms with Crippen molar-refractivity contribution < 1.29 is 9.90 Å². The van der Waals surface area contributed by atoms with E-state index in [-0.39, 0.29) is 5.91 Å². The molecule has 0 spiro atoms. The van der Waals surface area contributed by atoms with E-state index in [4.69, 9.17) is 0 Å². The number of anilines is 1. The number of carbonyl (C=O) groups excluding carboxylic acids is 1. The Morgan fingerprint density at radius 2 is 2.09 bits per heavy atom. The van der Waals surface area contributed by atoms with Gasteiger partial charge in [-0.05, 0) is 6.42 Å². The first-order valence-corrected chi connectivity index (χ1v) is 7.79. The van der Waals surface area contributed by atoms with Crippen molar-refractivity contribution in [2.24, 2.45) is 0 Å². The second-order valence-electron chi connectivity index (χ2n) is 5.70. The molecule has 7 nitrogen and oxygen atoms in total. The van der Waals surface area contributed by atoms with Crippen molar-refractivity contribution in [1.82, 2.24) is 19.8 Å². The summed E-state index contributed by atoms with van der Waals surface area (Å²) in [5, 5.41) is 13.2. The Kier molecular flexibility index (Phi) is 6.09. The van der Waals surface area contributed by atoms with E-state index in [9.17, 15) is 9.90 Å². The van der Waals surface area contributed by atoms with Gasteiger partial charge in [-0.2, -0.15) is 0 Å². The molecule has 1 fully saturated rings. The van der Waals surface area contributed by atoms with E-state index >= 15 is 0 Å². The lowest BCUT2D eigenvalue weighted by Crippen LogP contribution is -2.36. The van der Waals surface area contributed by atoms with Crippen molar-refractivity contribution in [3.8, 4) is 0 Å². The highest BCUT2D eigenvalue weighted by molar-refractivity contribution is 5.73. The van der Waals surface area contributed by atoms with Crippen molar-refractivity contribution in [2.45, 2.75) is 32.9 Å². The number of nitrogens with zero attached hydrogens (tertiary/aromatic N) is 4. The number of rotatable bonds is 5. The quantitative estimate of drug-likeness (QED) is 0.815. The maximum atomic E-state index is 11.5. The number of carbonyl (C=O) groups is 1. The summed E-state index contributed by atoms with van der Waals surface area (Å²) in [6, 6.07) is 0. The van der Waals surface area contributed by atoms with Gasteiger partial charge in [0.2, 0.25) is 11.9 Å². The van der Waals surface area contributed by atoms with Crippen LogP contribution in [0.1, 0.15) is 25.8 Å². The maximum absolute atomic E-state index is 11.5. The second-order valence-corrected chi connectivity index (χ2v) is 5.70. The van der Waals surface area contributed by atoms with E-state index in [1.807, 2.05) is 12.4 Å². The van der Waals surface area contributed by atoms with Gasteiger partial charge >= 0.3 is 0 Å². The minimum Gasteiger partial charge on any atom is -0.390 e. The molecule has 0 aliphatic carbocycles. The van der Waals surface area contributed by atoms with Gasteiger partial charge in [-0.25, -0.2) is 9.97 Å². The maximum Gasteiger partial charge on any atom is 0.222 e. The van der Waals surface area contributed by atoms with Crippen LogP contribution in [0.5, 0.6) is 0 Å². The van der Waals surface area contributed by atoms with Crippen LogP contribution in [0.25, 0.3) is 0 Å². The van der Waals surface area contributed by atoms with Gasteiger partial charge in [-0.15, -0.1) is 0 Å². The average molecular weight is 307 g/mol. The summed E-state index contributed by atoms with van der Waals surface area (Å²) in [5.74, 6) is 0.653. The standard InChI is InChI=1S/C15H25N5O2/c1-3-4-16-15-17-7-13(8-18-15)9-19-5-6-20(12(2)21)11-14(22)10-19/h7-8,14,22H,3-6,9-11H2,1-2H3,(H,16,17,18)/t14-/m1/s1. The van der Waals surface area contributed by atoms with Crippen molar-refractivity contribution in [3.05, 3.63) is 18.0 Å². The van der Waals surface area contributed by atoms with Gasteiger partial charge in [0.15, 0.2) is 0 Å². The molecule has 1 saturated heterocycles. The highest BCUT2D eigenvalue weighted by atomic mass is 16.3. The Hall–Kier alpha value is -1.73. The van der Waals surface area contributed by atoms with Gasteiger partial charge in [0, 0.05) is 64.1 Å². The molecule has 2 N–H and O–H groups in total. The second kappa shape index (κ2) is 8.05. The smallest absolute Gasteiger partial charge is 0.222 e. The van der Waals surface area contributed by atoms with Crippen molar-refractivity contribution in [1.29, 1.82) is 0 Å². The molecule has 2 heterocycles. The highest BCUT2D eigenvalue weighted by Gasteiger charge is 2.22. The van der Waals surface area contributed by atoms with E-state index in [1.54, 1.807) is 4.90 Å². The Morgan fingerprint density at radius 3 is 2.73 bits per heavy atom. The summed E-state index contributed by atoms with van der Waals surface area (Å²) in [5.41, 5.74) is 1.01. The van der Waals surface area contributed by atoms with Gasteiger partial charge in [-0.1, -0.05) is 6.92 Å². The summed E-state index contributed by atoms with van der Waals surface area (Å²) in [4.78, 5) is 23.9. The molecule has 0 radical (unpaired) electrons. The molecule has 1 aliphatic rings. The predicted molar refractivity (Wildman–Crippen MR) is 84.4 cm³/mol. The zero-order chi connectivity index (χ0) is 15.9. The molecule has 22 heavy (non-hydrogen) atoms. The van der Waals surface area contributed by atoms with E-state index in [1.165, 1.54) is 6.92 Å². The van der Waals surface area contributed by atoms with Gasteiger partial charge in [0.25, 0.3) is 0 Å². The van der Waals surface area contributed by atoms with Crippen LogP contribution in [-0.2, 0) is 11.3 Å². The minimum absolute atomic E-state index is 0.00980. The third kappa shape index (κ3) is 4.92. The summed E-state index contributed by atoms with van der Waals surface area (Å²) in [6.07, 6.45) is 4.14. The zero-order valence-electron chi connectivity index (χ0n) is 13.3. The largest absolute Gasteiger partial charge is 0.390 e. The molecule has 1 aromatic heterocycles. The van der Waals surface area contributed by atoms with E-state index in [0.717, 1.165) is 25.1 Å². The third-order valence-electron chi connectivity index (χ3n) is 3.68. The number of aliphatic hydroxyl groups excluding tert-OH is 1. The van der Waals surface area contributed by atoms with Gasteiger partial charge < -0.3 is 15.3 Å². The van der Waals surface area contributed by atoms with E-state index < -0.39 is 6.10 Å². The molecule has 1 aromatic rings. The van der Waals surface area contributed by atoms with Crippen LogP contribution in [0, 0.1) is 0 Å². The minimum atomic E-state index is -0.516. The van der Waals surface area contributed by atoms with Crippen LogP contribution in [0.4, 0.5) is 5.95 Å². The lowest BCUT2D eigenvalue weighted by atomic mass is 10.2. The van der Waals surface area contributed by atoms with Crippen LogP contribution in [0.3, 0.4) is 0 Å². The van der Waals surface area contributed by atoms with E-state index in [0.29, 0.717) is 32.1 Å². The topological polar surface area (TPSA) is 81.6 Å². The summed E-state index contributed by atoms with van der Waals surface area (Å²) in [6.45, 7) is 7.52. The van der Waals surface area contributed by atoms with Crippen LogP contribution >= 0.6 is 0 Å². The molecule has 7 heteroatoms. The number of amides is 1. The molecule has 0 bridgehead atoms. The third-order valence-corrected chi connectivity index (χ3v) is 3.68. The molecular formula is C15H25N5O2. The van der Waals surface area contributed by atoms with Crippen LogP contribution in [0.2, 0.25) is 0 Å². The fourth-order valence-electron chi connectivity index (χ4n) is 2.51. The Balaban J connectivity index is 1.91. The molecule has 2 rings (SSSR count).